The van der Waals surface area contributed by atoms with Gasteiger partial charge in [0.1, 0.15) is 12.3 Å². The van der Waals surface area contributed by atoms with Gasteiger partial charge in [-0.15, -0.1) is 0 Å². The van der Waals surface area contributed by atoms with E-state index in [9.17, 15) is 13.2 Å². The smallest absolute Gasteiger partial charge is 0.264 e. The fourth-order valence-electron chi connectivity index (χ4n) is 3.77. The highest BCUT2D eigenvalue weighted by atomic mass is 32.2. The maximum Gasteiger partial charge on any atom is 0.264 e. The first kappa shape index (κ1) is 24.3. The Hall–Kier alpha value is -3.32. The highest BCUT2D eigenvalue weighted by molar-refractivity contribution is 7.92. The second-order valence-electron chi connectivity index (χ2n) is 7.91. The lowest BCUT2D eigenvalue weighted by Crippen LogP contribution is -2.42. The number of hydrogen-bond acceptors (Lipinski definition) is 4. The number of rotatable bonds is 9. The average molecular weight is 467 g/mol. The standard InChI is InChI=1S/C26H30N2O4S/c1-5-25(24-16-11-19(2)17-20(24)3)27-26(29)18-28(21-12-14-22(32-4)15-13-21)33(30,31)23-9-7-6-8-10-23/h6-17,25H,5,18H2,1-4H3,(H,27,29). The second-order valence-corrected chi connectivity index (χ2v) is 9.77. The number of amides is 1. The van der Waals surface area contributed by atoms with Crippen molar-refractivity contribution < 1.29 is 17.9 Å². The first-order valence-electron chi connectivity index (χ1n) is 10.8. The Balaban J connectivity index is 1.91. The molecular weight excluding hydrogens is 436 g/mol. The molecule has 1 unspecified atom stereocenters. The molecule has 0 radical (unpaired) electrons. The number of ether oxygens (including phenoxy) is 1. The van der Waals surface area contributed by atoms with Gasteiger partial charge in [0.2, 0.25) is 5.91 Å². The van der Waals surface area contributed by atoms with Crippen molar-refractivity contribution in [1.29, 1.82) is 0 Å². The van der Waals surface area contributed by atoms with Crippen LogP contribution in [0.4, 0.5) is 5.69 Å². The number of hydrogen-bond donors (Lipinski definition) is 1. The van der Waals surface area contributed by atoms with Crippen LogP contribution in [0.2, 0.25) is 0 Å². The van der Waals surface area contributed by atoms with Crippen LogP contribution in [0.5, 0.6) is 5.75 Å². The molecule has 1 amide bonds. The van der Waals surface area contributed by atoms with Crippen molar-refractivity contribution in [2.75, 3.05) is 18.0 Å². The predicted molar refractivity (Wildman–Crippen MR) is 131 cm³/mol. The Morgan fingerprint density at radius 3 is 2.24 bits per heavy atom. The summed E-state index contributed by atoms with van der Waals surface area (Å²) in [4.78, 5) is 13.2. The maximum atomic E-state index is 13.5. The van der Waals surface area contributed by atoms with Gasteiger partial charge in [-0.25, -0.2) is 8.42 Å². The first-order valence-corrected chi connectivity index (χ1v) is 12.3. The van der Waals surface area contributed by atoms with Crippen molar-refractivity contribution in [2.24, 2.45) is 0 Å². The van der Waals surface area contributed by atoms with Crippen molar-refractivity contribution in [1.82, 2.24) is 5.32 Å². The molecule has 33 heavy (non-hydrogen) atoms. The van der Waals surface area contributed by atoms with Gasteiger partial charge in [-0.05, 0) is 67.8 Å². The van der Waals surface area contributed by atoms with Gasteiger partial charge in [0, 0.05) is 0 Å². The number of nitrogens with one attached hydrogen (secondary N) is 1. The van der Waals surface area contributed by atoms with Gasteiger partial charge in [-0.3, -0.25) is 9.10 Å². The van der Waals surface area contributed by atoms with E-state index in [4.69, 9.17) is 4.74 Å². The molecule has 0 fully saturated rings. The summed E-state index contributed by atoms with van der Waals surface area (Å²) in [5.41, 5.74) is 3.65. The third-order valence-corrected chi connectivity index (χ3v) is 7.31. The Kier molecular flexibility index (Phi) is 7.76. The van der Waals surface area contributed by atoms with E-state index in [-0.39, 0.29) is 23.4 Å². The number of carbonyl (C=O) groups excluding carboxylic acids is 1. The lowest BCUT2D eigenvalue weighted by molar-refractivity contribution is -0.120. The van der Waals surface area contributed by atoms with Crippen LogP contribution in [-0.2, 0) is 14.8 Å². The SMILES string of the molecule is CCC(NC(=O)CN(c1ccc(OC)cc1)S(=O)(=O)c1ccccc1)c1ccc(C)cc1C. The van der Waals surface area contributed by atoms with E-state index in [0.29, 0.717) is 17.9 Å². The highest BCUT2D eigenvalue weighted by Gasteiger charge is 2.28. The predicted octanol–water partition coefficient (Wildman–Crippen LogP) is 4.77. The summed E-state index contributed by atoms with van der Waals surface area (Å²) >= 11 is 0. The van der Waals surface area contributed by atoms with E-state index >= 15 is 0 Å². The summed E-state index contributed by atoms with van der Waals surface area (Å²) in [6, 6.07) is 20.6. The van der Waals surface area contributed by atoms with Gasteiger partial charge in [-0.1, -0.05) is 48.9 Å². The van der Waals surface area contributed by atoms with Gasteiger partial charge in [-0.2, -0.15) is 0 Å². The Bertz CT molecular complexity index is 1190. The number of benzene rings is 3. The van der Waals surface area contributed by atoms with Crippen LogP contribution in [-0.4, -0.2) is 28.0 Å². The monoisotopic (exact) mass is 466 g/mol. The molecule has 174 valence electrons. The molecule has 0 saturated carbocycles. The Morgan fingerprint density at radius 1 is 1.00 bits per heavy atom. The molecule has 0 aliphatic rings. The summed E-state index contributed by atoms with van der Waals surface area (Å²) in [6.45, 7) is 5.69. The number of aryl methyl sites for hydroxylation is 2. The van der Waals surface area contributed by atoms with Gasteiger partial charge in [0.05, 0.1) is 23.7 Å². The molecule has 3 aromatic rings. The van der Waals surface area contributed by atoms with E-state index in [1.54, 1.807) is 49.6 Å². The Labute approximate surface area is 196 Å². The largest absolute Gasteiger partial charge is 0.497 e. The zero-order chi connectivity index (χ0) is 24.0. The third-order valence-electron chi connectivity index (χ3n) is 5.52. The number of methoxy groups -OCH3 is 1. The normalized spacial score (nSPS) is 12.1. The van der Waals surface area contributed by atoms with Crippen LogP contribution >= 0.6 is 0 Å². The number of anilines is 1. The maximum absolute atomic E-state index is 13.5. The van der Waals surface area contributed by atoms with Gasteiger partial charge < -0.3 is 10.1 Å². The van der Waals surface area contributed by atoms with Gasteiger partial charge in [0.15, 0.2) is 0 Å². The van der Waals surface area contributed by atoms with Crippen molar-refractivity contribution in [3.8, 4) is 5.75 Å². The highest BCUT2D eigenvalue weighted by Crippen LogP contribution is 2.26. The topological polar surface area (TPSA) is 75.7 Å². The zero-order valence-corrected chi connectivity index (χ0v) is 20.2. The lowest BCUT2D eigenvalue weighted by Gasteiger charge is -2.26. The zero-order valence-electron chi connectivity index (χ0n) is 19.4. The number of carbonyl (C=O) groups is 1. The lowest BCUT2D eigenvalue weighted by atomic mass is 9.97. The van der Waals surface area contributed by atoms with E-state index in [0.717, 1.165) is 21.0 Å². The molecule has 6 nitrogen and oxygen atoms in total. The number of sulfonamides is 1. The molecule has 3 aromatic carbocycles. The minimum Gasteiger partial charge on any atom is -0.497 e. The molecule has 1 atom stereocenters. The van der Waals surface area contributed by atoms with Crippen molar-refractivity contribution in [2.45, 2.75) is 38.1 Å². The fraction of sp³-hybridized carbons (Fsp3) is 0.269. The molecule has 0 spiro atoms. The van der Waals surface area contributed by atoms with Gasteiger partial charge >= 0.3 is 0 Å². The minimum atomic E-state index is -3.96. The fourth-order valence-corrected chi connectivity index (χ4v) is 5.21. The molecular formula is C26H30N2O4S. The van der Waals surface area contributed by atoms with Crippen molar-refractivity contribution in [3.05, 3.63) is 89.5 Å². The van der Waals surface area contributed by atoms with Crippen molar-refractivity contribution >= 4 is 21.6 Å². The minimum absolute atomic E-state index is 0.120. The molecule has 0 aromatic heterocycles. The van der Waals surface area contributed by atoms with Crippen LogP contribution < -0.4 is 14.4 Å². The average Bonchev–Trinajstić information content (AvgIpc) is 2.82. The number of nitrogens with zero attached hydrogens (tertiary/aromatic N) is 1. The summed E-state index contributed by atoms with van der Waals surface area (Å²) in [5.74, 6) is 0.221. The molecule has 0 aliphatic heterocycles. The third kappa shape index (κ3) is 5.73. The van der Waals surface area contributed by atoms with Crippen molar-refractivity contribution in [3.63, 3.8) is 0 Å². The summed E-state index contributed by atoms with van der Waals surface area (Å²) in [6.07, 6.45) is 0.684. The quantitative estimate of drug-likeness (QED) is 0.493. The summed E-state index contributed by atoms with van der Waals surface area (Å²) in [7, 11) is -2.42. The van der Waals surface area contributed by atoms with Crippen LogP contribution in [0.25, 0.3) is 0 Å². The summed E-state index contributed by atoms with van der Waals surface area (Å²) < 4.78 is 33.2. The van der Waals surface area contributed by atoms with Crippen LogP contribution in [0.1, 0.15) is 36.1 Å². The van der Waals surface area contributed by atoms with Crippen LogP contribution in [0.3, 0.4) is 0 Å². The Morgan fingerprint density at radius 2 is 1.67 bits per heavy atom. The molecule has 7 heteroatoms. The van der Waals surface area contributed by atoms with Crippen LogP contribution in [0.15, 0.2) is 77.7 Å². The second kappa shape index (κ2) is 10.5. The molecule has 0 bridgehead atoms. The molecule has 1 N–H and O–H groups in total. The summed E-state index contributed by atoms with van der Waals surface area (Å²) in [5, 5.41) is 3.02. The molecule has 0 aliphatic carbocycles. The first-order chi connectivity index (χ1) is 15.8. The van der Waals surface area contributed by atoms with Gasteiger partial charge in [0.25, 0.3) is 10.0 Å². The molecule has 0 heterocycles. The van der Waals surface area contributed by atoms with E-state index in [2.05, 4.69) is 11.4 Å². The van der Waals surface area contributed by atoms with E-state index in [1.165, 1.54) is 12.1 Å². The molecule has 0 saturated heterocycles. The van der Waals surface area contributed by atoms with Crippen LogP contribution in [0, 0.1) is 13.8 Å². The van der Waals surface area contributed by atoms with E-state index < -0.39 is 10.0 Å². The molecule has 3 rings (SSSR count). The van der Waals surface area contributed by atoms with E-state index in [1.807, 2.05) is 32.9 Å².